The zero-order valence-corrected chi connectivity index (χ0v) is 22.0. The van der Waals surface area contributed by atoms with E-state index in [9.17, 15) is 27.9 Å². The summed E-state index contributed by atoms with van der Waals surface area (Å²) in [6.45, 7) is -0.934. The van der Waals surface area contributed by atoms with Crippen LogP contribution < -0.4 is 16.3 Å². The van der Waals surface area contributed by atoms with E-state index in [2.05, 4.69) is 25.8 Å². The number of aliphatic hydroxyl groups is 1. The second kappa shape index (κ2) is 10.9. The van der Waals surface area contributed by atoms with E-state index < -0.39 is 30.6 Å². The van der Waals surface area contributed by atoms with Crippen LogP contribution in [0, 0.1) is 0 Å². The molecule has 40 heavy (non-hydrogen) atoms. The molecule has 2 atom stereocenters. The number of para-hydroxylation sites is 1. The van der Waals surface area contributed by atoms with Gasteiger partial charge in [0, 0.05) is 17.1 Å². The summed E-state index contributed by atoms with van der Waals surface area (Å²) in [5, 5.41) is 24.8. The number of nitrogens with zero attached hydrogens (tertiary/aromatic N) is 6. The van der Waals surface area contributed by atoms with Gasteiger partial charge in [0.15, 0.2) is 17.8 Å². The number of anilines is 1. The van der Waals surface area contributed by atoms with Crippen molar-refractivity contribution in [3.63, 3.8) is 0 Å². The first kappa shape index (κ1) is 27.7. The van der Waals surface area contributed by atoms with E-state index in [0.717, 1.165) is 9.25 Å². The number of benzene rings is 2. The molecule has 2 aromatic carbocycles. The van der Waals surface area contributed by atoms with Crippen LogP contribution in [-0.4, -0.2) is 65.0 Å². The van der Waals surface area contributed by atoms with E-state index in [1.165, 1.54) is 28.9 Å². The molecule has 210 valence electrons. The number of aliphatic hydroxyl groups excluding tert-OH is 1. The fourth-order valence-electron chi connectivity index (χ4n) is 4.13. The third kappa shape index (κ3) is 5.69. The second-order valence-electron chi connectivity index (χ2n) is 8.93. The predicted molar refractivity (Wildman–Crippen MR) is 140 cm³/mol. The molecule has 0 bridgehead atoms. The van der Waals surface area contributed by atoms with Gasteiger partial charge >= 0.3 is 11.9 Å². The molecule has 1 amide bonds. The SMILES string of the molecule is O=C1NCCC1Nc1nc(Cn2nc(-c3ccc(Cl)cc3)n(CC(O)C(F)(F)F)c2=O)nn1-c1ccccc1Cl. The van der Waals surface area contributed by atoms with E-state index in [-0.39, 0.29) is 30.0 Å². The lowest BCUT2D eigenvalue weighted by atomic mass is 10.2. The standard InChI is InChI=1S/C24H21Cl2F3N8O3/c25-14-7-5-13(6-8-14)20-34-36(23(40)35(20)11-18(38)24(27,28)29)12-19-32-22(31-16-9-10-30-21(16)39)37(33-19)17-4-2-1-3-15(17)26/h1-8,16,18,38H,9-12H2,(H,30,39)(H,31,32,33). The van der Waals surface area contributed by atoms with Gasteiger partial charge < -0.3 is 15.7 Å². The van der Waals surface area contributed by atoms with Crippen molar-refractivity contribution in [2.75, 3.05) is 11.9 Å². The van der Waals surface area contributed by atoms with Gasteiger partial charge in [-0.3, -0.25) is 9.36 Å². The minimum absolute atomic E-state index is 0.0617. The summed E-state index contributed by atoms with van der Waals surface area (Å²) in [6, 6.07) is 12.2. The third-order valence-electron chi connectivity index (χ3n) is 6.13. The number of carbonyl (C=O) groups excluding carboxylic acids is 1. The lowest BCUT2D eigenvalue weighted by Gasteiger charge is -2.15. The summed E-state index contributed by atoms with van der Waals surface area (Å²) in [5.41, 5.74) is -0.178. The van der Waals surface area contributed by atoms with Crippen LogP contribution in [0.15, 0.2) is 53.3 Å². The Kier molecular flexibility index (Phi) is 7.57. The highest BCUT2D eigenvalue weighted by molar-refractivity contribution is 6.32. The van der Waals surface area contributed by atoms with Gasteiger partial charge in [0.25, 0.3) is 0 Å². The molecule has 0 spiro atoms. The zero-order chi connectivity index (χ0) is 28.6. The number of hydrogen-bond donors (Lipinski definition) is 3. The van der Waals surface area contributed by atoms with Crippen LogP contribution >= 0.6 is 23.2 Å². The van der Waals surface area contributed by atoms with Crippen LogP contribution in [0.5, 0.6) is 0 Å². The lowest BCUT2D eigenvalue weighted by molar-refractivity contribution is -0.207. The predicted octanol–water partition coefficient (Wildman–Crippen LogP) is 2.87. The topological polar surface area (TPSA) is 132 Å². The van der Waals surface area contributed by atoms with Crippen molar-refractivity contribution in [3.8, 4) is 17.1 Å². The van der Waals surface area contributed by atoms with E-state index in [1.807, 2.05) is 0 Å². The minimum atomic E-state index is -4.96. The number of nitrogens with one attached hydrogen (secondary N) is 2. The smallest absolute Gasteiger partial charge is 0.382 e. The first-order valence-corrected chi connectivity index (χ1v) is 12.7. The molecule has 2 unspecified atom stereocenters. The summed E-state index contributed by atoms with van der Waals surface area (Å²) in [7, 11) is 0. The quantitative estimate of drug-likeness (QED) is 0.285. The molecule has 5 rings (SSSR count). The Labute approximate surface area is 234 Å². The van der Waals surface area contributed by atoms with Crippen LogP contribution in [0.3, 0.4) is 0 Å². The molecule has 1 saturated heterocycles. The first-order valence-electron chi connectivity index (χ1n) is 11.9. The summed E-state index contributed by atoms with van der Waals surface area (Å²) in [6.07, 6.45) is -7.26. The highest BCUT2D eigenvalue weighted by atomic mass is 35.5. The molecule has 16 heteroatoms. The zero-order valence-electron chi connectivity index (χ0n) is 20.4. The van der Waals surface area contributed by atoms with Crippen LogP contribution in [-0.2, 0) is 17.9 Å². The van der Waals surface area contributed by atoms with Crippen molar-refractivity contribution in [1.29, 1.82) is 0 Å². The Morgan fingerprint density at radius 3 is 2.48 bits per heavy atom. The fraction of sp³-hybridized carbons (Fsp3) is 0.292. The monoisotopic (exact) mass is 596 g/mol. The number of halogens is 5. The molecule has 0 saturated carbocycles. The minimum Gasteiger partial charge on any atom is -0.382 e. The van der Waals surface area contributed by atoms with Gasteiger partial charge in [-0.2, -0.15) is 22.8 Å². The highest BCUT2D eigenvalue weighted by Crippen LogP contribution is 2.26. The molecule has 4 aromatic rings. The van der Waals surface area contributed by atoms with Crippen molar-refractivity contribution in [2.24, 2.45) is 0 Å². The van der Waals surface area contributed by atoms with Gasteiger partial charge in [0.2, 0.25) is 11.9 Å². The Bertz CT molecular complexity index is 1600. The van der Waals surface area contributed by atoms with Gasteiger partial charge in [-0.1, -0.05) is 35.3 Å². The average molecular weight is 597 g/mol. The van der Waals surface area contributed by atoms with Crippen LogP contribution in [0.1, 0.15) is 12.2 Å². The third-order valence-corrected chi connectivity index (χ3v) is 6.71. The van der Waals surface area contributed by atoms with Gasteiger partial charge in [-0.05, 0) is 42.8 Å². The summed E-state index contributed by atoms with van der Waals surface area (Å²) >= 11 is 12.3. The molecule has 11 nitrogen and oxygen atoms in total. The van der Waals surface area contributed by atoms with E-state index in [1.54, 1.807) is 24.3 Å². The number of carbonyl (C=O) groups is 1. The molecular weight excluding hydrogens is 576 g/mol. The number of aromatic nitrogens is 6. The Morgan fingerprint density at radius 2 is 1.82 bits per heavy atom. The molecule has 0 radical (unpaired) electrons. The number of hydrogen-bond acceptors (Lipinski definition) is 7. The Balaban J connectivity index is 1.55. The molecule has 3 heterocycles. The second-order valence-corrected chi connectivity index (χ2v) is 9.77. The maximum Gasteiger partial charge on any atom is 0.416 e. The largest absolute Gasteiger partial charge is 0.416 e. The van der Waals surface area contributed by atoms with Crippen LogP contribution in [0.4, 0.5) is 19.1 Å². The van der Waals surface area contributed by atoms with Gasteiger partial charge in [-0.25, -0.2) is 9.48 Å². The molecule has 1 aliphatic rings. The van der Waals surface area contributed by atoms with E-state index in [0.29, 0.717) is 34.3 Å². The average Bonchev–Trinajstić information content (AvgIpc) is 3.58. The molecular formula is C24H21Cl2F3N8O3. The first-order chi connectivity index (χ1) is 19.0. The van der Waals surface area contributed by atoms with Crippen LogP contribution in [0.25, 0.3) is 17.1 Å². The summed E-state index contributed by atoms with van der Waals surface area (Å²) in [5.74, 6) is -0.104. The maximum atomic E-state index is 13.2. The molecule has 1 fully saturated rings. The molecule has 2 aromatic heterocycles. The number of amides is 1. The Morgan fingerprint density at radius 1 is 1.10 bits per heavy atom. The maximum absolute atomic E-state index is 13.2. The van der Waals surface area contributed by atoms with E-state index >= 15 is 0 Å². The number of rotatable bonds is 8. The van der Waals surface area contributed by atoms with Crippen LogP contribution in [0.2, 0.25) is 10.0 Å². The van der Waals surface area contributed by atoms with Crippen molar-refractivity contribution >= 4 is 35.1 Å². The van der Waals surface area contributed by atoms with Crippen molar-refractivity contribution < 1.29 is 23.1 Å². The van der Waals surface area contributed by atoms with Crippen molar-refractivity contribution in [2.45, 2.75) is 37.8 Å². The highest BCUT2D eigenvalue weighted by Gasteiger charge is 2.39. The number of alkyl halides is 3. The summed E-state index contributed by atoms with van der Waals surface area (Å²) < 4.78 is 42.5. The van der Waals surface area contributed by atoms with Crippen molar-refractivity contribution in [3.05, 3.63) is 74.9 Å². The molecule has 3 N–H and O–H groups in total. The van der Waals surface area contributed by atoms with Gasteiger partial charge in [0.1, 0.15) is 12.6 Å². The molecule has 0 aliphatic carbocycles. The lowest BCUT2D eigenvalue weighted by Crippen LogP contribution is -2.37. The molecule has 1 aliphatic heterocycles. The Hall–Kier alpha value is -3.88. The van der Waals surface area contributed by atoms with Crippen molar-refractivity contribution in [1.82, 2.24) is 34.4 Å². The van der Waals surface area contributed by atoms with Gasteiger partial charge in [-0.15, -0.1) is 10.2 Å². The van der Waals surface area contributed by atoms with Gasteiger partial charge in [0.05, 0.1) is 17.3 Å². The normalized spacial score (nSPS) is 16.2. The fourth-order valence-corrected chi connectivity index (χ4v) is 4.47. The van der Waals surface area contributed by atoms with E-state index in [4.69, 9.17) is 23.2 Å². The summed E-state index contributed by atoms with van der Waals surface area (Å²) in [4.78, 5) is 29.8.